The molecule has 5 nitrogen and oxygen atoms in total. The normalized spacial score (nSPS) is 14.3. The zero-order chi connectivity index (χ0) is 14.1. The molecule has 5 heteroatoms. The molecular formula is C13H25NO4. The Morgan fingerprint density at radius 1 is 1.11 bits per heavy atom. The second-order valence-corrected chi connectivity index (χ2v) is 4.83. The molecule has 0 radical (unpaired) electrons. The second-order valence-electron chi connectivity index (χ2n) is 4.83. The molecule has 0 aromatic rings. The van der Waals surface area contributed by atoms with Crippen LogP contribution in [0.4, 0.5) is 0 Å². The molecule has 0 spiro atoms. The molecule has 0 bridgehead atoms. The SMILES string of the molecule is CC(C)OCCCCNC(=O)C(C)C(C)C(=O)O. The van der Waals surface area contributed by atoms with Gasteiger partial charge in [-0.1, -0.05) is 13.8 Å². The third-order valence-corrected chi connectivity index (χ3v) is 2.87. The summed E-state index contributed by atoms with van der Waals surface area (Å²) in [5, 5.41) is 11.5. The fraction of sp³-hybridized carbons (Fsp3) is 0.846. The number of hydrogen-bond donors (Lipinski definition) is 2. The zero-order valence-corrected chi connectivity index (χ0v) is 11.7. The van der Waals surface area contributed by atoms with Gasteiger partial charge in [-0.05, 0) is 26.7 Å². The first-order chi connectivity index (χ1) is 8.36. The lowest BCUT2D eigenvalue weighted by molar-refractivity contribution is -0.146. The van der Waals surface area contributed by atoms with Gasteiger partial charge in [0.05, 0.1) is 12.0 Å². The number of hydrogen-bond acceptors (Lipinski definition) is 3. The molecule has 2 atom stereocenters. The van der Waals surface area contributed by atoms with Crippen molar-refractivity contribution in [2.45, 2.75) is 46.6 Å². The highest BCUT2D eigenvalue weighted by Crippen LogP contribution is 2.10. The standard InChI is InChI=1S/C13H25NO4/c1-9(2)18-8-6-5-7-14-12(15)10(3)11(4)13(16)17/h9-11H,5-8H2,1-4H3,(H,14,15)(H,16,17). The van der Waals surface area contributed by atoms with E-state index in [0.717, 1.165) is 12.8 Å². The summed E-state index contributed by atoms with van der Waals surface area (Å²) in [6, 6.07) is 0. The van der Waals surface area contributed by atoms with E-state index in [4.69, 9.17) is 9.84 Å². The highest BCUT2D eigenvalue weighted by atomic mass is 16.5. The summed E-state index contributed by atoms with van der Waals surface area (Å²) in [6.45, 7) is 8.40. The minimum Gasteiger partial charge on any atom is -0.481 e. The van der Waals surface area contributed by atoms with Crippen LogP contribution in [0.1, 0.15) is 40.5 Å². The Morgan fingerprint density at radius 3 is 2.22 bits per heavy atom. The van der Waals surface area contributed by atoms with Crippen LogP contribution in [0.25, 0.3) is 0 Å². The molecule has 0 heterocycles. The molecule has 0 aliphatic carbocycles. The van der Waals surface area contributed by atoms with E-state index in [2.05, 4.69) is 5.32 Å². The maximum Gasteiger partial charge on any atom is 0.307 e. The number of carbonyl (C=O) groups is 2. The minimum atomic E-state index is -0.942. The van der Waals surface area contributed by atoms with Crippen LogP contribution in [0, 0.1) is 11.8 Å². The monoisotopic (exact) mass is 259 g/mol. The first-order valence-electron chi connectivity index (χ1n) is 6.48. The van der Waals surface area contributed by atoms with Gasteiger partial charge in [0.15, 0.2) is 0 Å². The number of aliphatic carboxylic acids is 1. The van der Waals surface area contributed by atoms with Crippen LogP contribution >= 0.6 is 0 Å². The molecule has 0 aliphatic rings. The number of ether oxygens (including phenoxy) is 1. The highest BCUT2D eigenvalue weighted by molar-refractivity contribution is 5.84. The van der Waals surface area contributed by atoms with Crippen molar-refractivity contribution in [3.05, 3.63) is 0 Å². The average molecular weight is 259 g/mol. The smallest absolute Gasteiger partial charge is 0.307 e. The van der Waals surface area contributed by atoms with Crippen LogP contribution in [0.2, 0.25) is 0 Å². The number of amides is 1. The number of carbonyl (C=O) groups excluding carboxylic acids is 1. The zero-order valence-electron chi connectivity index (χ0n) is 11.7. The molecule has 18 heavy (non-hydrogen) atoms. The van der Waals surface area contributed by atoms with E-state index < -0.39 is 17.8 Å². The van der Waals surface area contributed by atoms with Crippen LogP contribution < -0.4 is 5.32 Å². The second kappa shape index (κ2) is 8.91. The Kier molecular flexibility index (Phi) is 8.37. The van der Waals surface area contributed by atoms with Gasteiger partial charge in [-0.15, -0.1) is 0 Å². The molecule has 0 saturated heterocycles. The van der Waals surface area contributed by atoms with Crippen molar-refractivity contribution in [2.75, 3.05) is 13.2 Å². The van der Waals surface area contributed by atoms with E-state index in [1.807, 2.05) is 13.8 Å². The Balaban J connectivity index is 3.67. The summed E-state index contributed by atoms with van der Waals surface area (Å²) in [5.41, 5.74) is 0. The third kappa shape index (κ3) is 7.27. The molecule has 1 amide bonds. The average Bonchev–Trinajstić information content (AvgIpc) is 2.30. The fourth-order valence-corrected chi connectivity index (χ4v) is 1.36. The van der Waals surface area contributed by atoms with Gasteiger partial charge in [-0.2, -0.15) is 0 Å². The number of unbranched alkanes of at least 4 members (excludes halogenated alkanes) is 1. The van der Waals surface area contributed by atoms with Crippen LogP contribution in [-0.4, -0.2) is 36.2 Å². The van der Waals surface area contributed by atoms with Crippen LogP contribution in [0.5, 0.6) is 0 Å². The van der Waals surface area contributed by atoms with Crippen molar-refractivity contribution in [3.63, 3.8) is 0 Å². The molecule has 0 aliphatic heterocycles. The Bertz CT molecular complexity index is 266. The predicted octanol–water partition coefficient (Wildman–Crippen LogP) is 1.66. The number of carboxylic acid groups (broad SMARTS) is 1. The first-order valence-corrected chi connectivity index (χ1v) is 6.48. The van der Waals surface area contributed by atoms with Gasteiger partial charge in [0.2, 0.25) is 5.91 Å². The van der Waals surface area contributed by atoms with Crippen LogP contribution in [0.15, 0.2) is 0 Å². The predicted molar refractivity (Wildman–Crippen MR) is 69.3 cm³/mol. The van der Waals surface area contributed by atoms with E-state index in [0.29, 0.717) is 13.2 Å². The molecular weight excluding hydrogens is 234 g/mol. The first kappa shape index (κ1) is 16.9. The van der Waals surface area contributed by atoms with Gasteiger partial charge in [0.1, 0.15) is 0 Å². The van der Waals surface area contributed by atoms with Crippen molar-refractivity contribution >= 4 is 11.9 Å². The molecule has 0 fully saturated rings. The van der Waals surface area contributed by atoms with Gasteiger partial charge >= 0.3 is 5.97 Å². The summed E-state index contributed by atoms with van der Waals surface area (Å²) < 4.78 is 5.38. The maximum atomic E-state index is 11.6. The Hall–Kier alpha value is -1.10. The van der Waals surface area contributed by atoms with E-state index in [1.165, 1.54) is 0 Å². The van der Waals surface area contributed by atoms with Gasteiger partial charge in [0, 0.05) is 19.1 Å². The summed E-state index contributed by atoms with van der Waals surface area (Å²) in [5.74, 6) is -2.30. The lowest BCUT2D eigenvalue weighted by Crippen LogP contribution is -2.35. The number of carboxylic acids is 1. The Morgan fingerprint density at radius 2 is 1.72 bits per heavy atom. The molecule has 2 N–H and O–H groups in total. The summed E-state index contributed by atoms with van der Waals surface area (Å²) in [4.78, 5) is 22.4. The number of nitrogens with one attached hydrogen (secondary N) is 1. The summed E-state index contributed by atoms with van der Waals surface area (Å²) >= 11 is 0. The van der Waals surface area contributed by atoms with Crippen LogP contribution in [0.3, 0.4) is 0 Å². The summed E-state index contributed by atoms with van der Waals surface area (Å²) in [6.07, 6.45) is 1.96. The quantitative estimate of drug-likeness (QED) is 0.617. The van der Waals surface area contributed by atoms with E-state index in [9.17, 15) is 9.59 Å². The minimum absolute atomic E-state index is 0.199. The lowest BCUT2D eigenvalue weighted by Gasteiger charge is -2.15. The van der Waals surface area contributed by atoms with Crippen molar-refractivity contribution in [3.8, 4) is 0 Å². The van der Waals surface area contributed by atoms with Gasteiger partial charge < -0.3 is 15.2 Å². The van der Waals surface area contributed by atoms with Crippen molar-refractivity contribution in [1.29, 1.82) is 0 Å². The molecule has 106 valence electrons. The third-order valence-electron chi connectivity index (χ3n) is 2.87. The molecule has 0 aromatic heterocycles. The lowest BCUT2D eigenvalue weighted by atomic mass is 9.95. The topological polar surface area (TPSA) is 75.6 Å². The molecule has 0 saturated carbocycles. The highest BCUT2D eigenvalue weighted by Gasteiger charge is 2.25. The summed E-state index contributed by atoms with van der Waals surface area (Å²) in [7, 11) is 0. The van der Waals surface area contributed by atoms with Crippen LogP contribution in [-0.2, 0) is 14.3 Å². The van der Waals surface area contributed by atoms with Crippen molar-refractivity contribution < 1.29 is 19.4 Å². The molecule has 2 unspecified atom stereocenters. The maximum absolute atomic E-state index is 11.6. The van der Waals surface area contributed by atoms with Gasteiger partial charge in [-0.25, -0.2) is 0 Å². The fourth-order valence-electron chi connectivity index (χ4n) is 1.36. The van der Waals surface area contributed by atoms with Crippen molar-refractivity contribution in [2.24, 2.45) is 11.8 Å². The van der Waals surface area contributed by atoms with E-state index in [1.54, 1.807) is 13.8 Å². The molecule has 0 aromatic carbocycles. The molecule has 0 rings (SSSR count). The largest absolute Gasteiger partial charge is 0.481 e. The Labute approximate surface area is 109 Å². The van der Waals surface area contributed by atoms with E-state index in [-0.39, 0.29) is 12.0 Å². The number of rotatable bonds is 9. The van der Waals surface area contributed by atoms with Gasteiger partial charge in [-0.3, -0.25) is 9.59 Å². The van der Waals surface area contributed by atoms with Gasteiger partial charge in [0.25, 0.3) is 0 Å². The van der Waals surface area contributed by atoms with E-state index >= 15 is 0 Å². The van der Waals surface area contributed by atoms with Crippen molar-refractivity contribution in [1.82, 2.24) is 5.32 Å².